The summed E-state index contributed by atoms with van der Waals surface area (Å²) in [6, 6.07) is 4.60. The van der Waals surface area contributed by atoms with Gasteiger partial charge in [0.2, 0.25) is 0 Å². The number of carbonyl (C=O) groups is 1. The van der Waals surface area contributed by atoms with Gasteiger partial charge in [0.25, 0.3) is 4.92 Å². The van der Waals surface area contributed by atoms with Crippen molar-refractivity contribution in [2.75, 3.05) is 48.1 Å². The minimum atomic E-state index is -1.80. The third-order valence-corrected chi connectivity index (χ3v) is 16.3. The van der Waals surface area contributed by atoms with Crippen molar-refractivity contribution >= 4 is 34.2 Å². The van der Waals surface area contributed by atoms with E-state index in [1.807, 2.05) is 60.5 Å². The molecule has 3 saturated heterocycles. The molecule has 0 unspecified atom stereocenters. The molecule has 4 heterocycles. The number of nitrogens with zero attached hydrogens (tertiary/aromatic N) is 6. The fraction of sp³-hybridized carbons (Fsp3) is 0.820. The molecule has 1 aromatic heterocycles. The van der Waals surface area contributed by atoms with Crippen LogP contribution >= 0.6 is 22.6 Å². The van der Waals surface area contributed by atoms with Crippen LogP contribution in [0.1, 0.15) is 124 Å². The van der Waals surface area contributed by atoms with Crippen LogP contribution in [0.4, 0.5) is 10.1 Å². The summed E-state index contributed by atoms with van der Waals surface area (Å²) >= 11 is 2.07. The second kappa shape index (κ2) is 25.3. The molecule has 1 aromatic carbocycles. The highest BCUT2D eigenvalue weighted by Gasteiger charge is 2.51. The molecule has 0 aliphatic carbocycles. The molecule has 0 amide bonds. The molecule has 3 aliphatic heterocycles. The Morgan fingerprint density at radius 3 is 2.27 bits per heavy atom. The van der Waals surface area contributed by atoms with E-state index >= 15 is 0 Å². The number of halogens is 2. The number of benzene rings is 1. The van der Waals surface area contributed by atoms with Crippen molar-refractivity contribution in [3.8, 4) is 0 Å². The van der Waals surface area contributed by atoms with Crippen molar-refractivity contribution in [3.63, 3.8) is 0 Å². The number of hydrogen-bond acceptors (Lipinski definition) is 16. The Bertz CT molecular complexity index is 2000. The number of alkyl halides is 2. The lowest BCUT2D eigenvalue weighted by atomic mass is 9.84. The molecule has 404 valence electrons. The minimum Gasteiger partial charge on any atom is -0.459 e. The van der Waals surface area contributed by atoms with E-state index in [1.54, 1.807) is 39.3 Å². The molecule has 19 nitrogen and oxygen atoms in total. The number of hydrogen-bond donors (Lipinski definition) is 4. The van der Waals surface area contributed by atoms with Crippen molar-refractivity contribution in [1.82, 2.24) is 24.8 Å². The van der Waals surface area contributed by atoms with Crippen LogP contribution in [0, 0.1) is 22.7 Å². The average Bonchev–Trinajstić information content (AvgIpc) is 3.79. The third-order valence-electron chi connectivity index (χ3n) is 15.3. The van der Waals surface area contributed by atoms with Crippen LogP contribution in [0.3, 0.4) is 0 Å². The summed E-state index contributed by atoms with van der Waals surface area (Å²) in [6.07, 6.45) is -2.18. The second-order valence-corrected chi connectivity index (χ2v) is 23.1. The Hall–Kier alpha value is -2.55. The van der Waals surface area contributed by atoms with Crippen LogP contribution in [0.15, 0.2) is 30.5 Å². The normalized spacial score (nSPS) is 38.2. The van der Waals surface area contributed by atoms with Crippen molar-refractivity contribution in [1.29, 1.82) is 0 Å². The fourth-order valence-corrected chi connectivity index (χ4v) is 12.4. The molecule has 4 N–H and O–H groups in total. The van der Waals surface area contributed by atoms with Crippen LogP contribution < -0.4 is 0 Å². The molecule has 0 spiro atoms. The van der Waals surface area contributed by atoms with Crippen molar-refractivity contribution in [2.45, 2.75) is 196 Å². The van der Waals surface area contributed by atoms with Gasteiger partial charge in [-0.15, -0.1) is 5.10 Å². The van der Waals surface area contributed by atoms with E-state index in [0.717, 1.165) is 0 Å². The van der Waals surface area contributed by atoms with Gasteiger partial charge in [0.1, 0.15) is 46.3 Å². The van der Waals surface area contributed by atoms with Gasteiger partial charge in [-0.05, 0) is 121 Å². The van der Waals surface area contributed by atoms with Crippen LogP contribution in [0.5, 0.6) is 0 Å². The first kappa shape index (κ1) is 59.3. The zero-order valence-electron chi connectivity index (χ0n) is 44.0. The number of methoxy groups -OCH3 is 2. The first-order valence-electron chi connectivity index (χ1n) is 25.1. The molecule has 0 radical (unpaired) electrons. The molecule has 71 heavy (non-hydrogen) atoms. The smallest absolute Gasteiger partial charge is 0.316 e. The number of aliphatic hydroxyl groups excluding tert-OH is 1. The van der Waals surface area contributed by atoms with E-state index < -0.39 is 94.5 Å². The molecule has 21 heteroatoms. The maximum atomic E-state index is 14.7. The zero-order chi connectivity index (χ0) is 52.7. The number of ether oxygens (including phenoxy) is 7. The highest BCUT2D eigenvalue weighted by Crippen LogP contribution is 2.42. The number of likely N-dealkylation sites (N-methyl/N-ethyl adjacent to an activating group) is 2. The van der Waals surface area contributed by atoms with Gasteiger partial charge < -0.3 is 58.3 Å². The summed E-state index contributed by atoms with van der Waals surface area (Å²) in [6.45, 7) is 16.9. The van der Waals surface area contributed by atoms with Crippen LogP contribution in [-0.4, -0.2) is 180 Å². The SMILES string of the molecule is CC[C@H]1OC(=O)[C@H](C)[C@@H](O[C@H]2C[C@@](C)(OC)C[C@H](C)O2)[C@H](C)[C@@H](O[C@H]2C[C@@H](N(C)CCc3cn([C@H](CF)[C@H](OC)c4ccc([N+](=O)O)cc4)nn3)C[C@@H](C)O2)[C@@](O)(I)C[C@@H](C)CN(C)[C@H](C)[C@@H](O)[C@]1(C)O. The number of aliphatic hydroxyl groups is 3. The van der Waals surface area contributed by atoms with Gasteiger partial charge in [-0.1, -0.05) is 26.0 Å². The van der Waals surface area contributed by atoms with Crippen molar-refractivity contribution in [3.05, 3.63) is 46.6 Å². The zero-order valence-corrected chi connectivity index (χ0v) is 46.2. The summed E-state index contributed by atoms with van der Waals surface area (Å²) in [5.41, 5.74) is -1.10. The summed E-state index contributed by atoms with van der Waals surface area (Å²) in [7, 11) is 7.00. The van der Waals surface area contributed by atoms with Gasteiger partial charge in [-0.25, -0.2) is 14.3 Å². The van der Waals surface area contributed by atoms with Crippen LogP contribution in [-0.2, 0) is 44.4 Å². The van der Waals surface area contributed by atoms with Crippen LogP contribution in [0.2, 0.25) is 0 Å². The number of esters is 1. The van der Waals surface area contributed by atoms with E-state index in [2.05, 4.69) is 37.8 Å². The Balaban J connectivity index is 1.41. The molecule has 18 atom stereocenters. The molecule has 2 aromatic rings. The standard InChI is InChI=1S/C50H83FIN6O13/c1-14-40-49(9,61)45(59)34(7)56(11)27-29(2)23-50(52,62)46(32(5)43(33(6)47(60)69-40)70-42-25-48(8,66-13)24-31(4)68-42)71-41-22-38(21-30(3)67-41)55(10)20-19-36-28-57(54-53-36)39(26-51)44(65-12)35-15-17-37(18-16-35)58(63)64/h15-18,28-34,38-46,59,61-62H,14,19-27H2,1-13H3,(H,63,64)/q+1/t29-,30-,31+,32+,33-,34-,38+,39-,40-,41+,42+,43+,44-,45-,46-,48+,49-,50-/m1/s1. The predicted octanol–water partition coefficient (Wildman–Crippen LogP) is 6.23. The van der Waals surface area contributed by atoms with E-state index in [1.165, 1.54) is 30.8 Å². The minimum absolute atomic E-state index is 0.0221. The Morgan fingerprint density at radius 1 is 1.00 bits per heavy atom. The lowest BCUT2D eigenvalue weighted by Crippen LogP contribution is -2.59. The maximum absolute atomic E-state index is 14.7. The van der Waals surface area contributed by atoms with Gasteiger partial charge in [0.05, 0.1) is 40.4 Å². The summed E-state index contributed by atoms with van der Waals surface area (Å²) in [5, 5.41) is 54.2. The quantitative estimate of drug-likeness (QED) is 0.0633. The fourth-order valence-electron chi connectivity index (χ4n) is 10.9. The van der Waals surface area contributed by atoms with Crippen molar-refractivity contribution in [2.24, 2.45) is 17.8 Å². The third kappa shape index (κ3) is 14.9. The molecule has 3 fully saturated rings. The molecule has 0 bridgehead atoms. The molecule has 5 rings (SSSR count). The number of aromatic nitrogens is 3. The predicted molar refractivity (Wildman–Crippen MR) is 269 cm³/mol. The Morgan fingerprint density at radius 2 is 1.66 bits per heavy atom. The number of carbonyl (C=O) groups excluding carboxylic acids is 1. The van der Waals surface area contributed by atoms with Gasteiger partial charge in [0, 0.05) is 89.3 Å². The van der Waals surface area contributed by atoms with Crippen LogP contribution in [0.25, 0.3) is 0 Å². The monoisotopic (exact) mass is 1120 g/mol. The topological polar surface area (TPSA) is 220 Å². The number of cyclic esters (lactones) is 1. The second-order valence-electron chi connectivity index (χ2n) is 21.2. The van der Waals surface area contributed by atoms with Gasteiger partial charge in [0.15, 0.2) is 12.6 Å². The lowest BCUT2D eigenvalue weighted by Gasteiger charge is -2.46. The highest BCUT2D eigenvalue weighted by atomic mass is 127. The first-order valence-corrected chi connectivity index (χ1v) is 26.2. The Labute approximate surface area is 433 Å². The first-order chi connectivity index (χ1) is 33.3. The van der Waals surface area contributed by atoms with E-state index in [-0.39, 0.29) is 47.6 Å². The Kier molecular flexibility index (Phi) is 21.2. The number of rotatable bonds is 16. The lowest BCUT2D eigenvalue weighted by molar-refractivity contribution is -0.729. The van der Waals surface area contributed by atoms with Crippen molar-refractivity contribution < 1.29 is 67.8 Å². The summed E-state index contributed by atoms with van der Waals surface area (Å²) in [5.74, 6) is -2.42. The highest BCUT2D eigenvalue weighted by molar-refractivity contribution is 14.1. The molecule has 3 aliphatic rings. The summed E-state index contributed by atoms with van der Waals surface area (Å²) < 4.78 is 59.2. The largest absolute Gasteiger partial charge is 0.459 e. The van der Waals surface area contributed by atoms with Gasteiger partial charge in [-0.2, -0.15) is 0 Å². The summed E-state index contributed by atoms with van der Waals surface area (Å²) in [4.78, 5) is 29.7. The van der Waals surface area contributed by atoms with E-state index in [4.69, 9.17) is 33.2 Å². The van der Waals surface area contributed by atoms with E-state index in [9.17, 15) is 34.6 Å². The molecular formula is C50H83FIN6O13+. The molecular weight excluding hydrogens is 1040 g/mol. The van der Waals surface area contributed by atoms with Gasteiger partial charge in [-0.3, -0.25) is 4.79 Å². The van der Waals surface area contributed by atoms with Gasteiger partial charge >= 0.3 is 11.7 Å². The maximum Gasteiger partial charge on any atom is 0.316 e. The average molecular weight is 1120 g/mol. The molecule has 0 saturated carbocycles. The van der Waals surface area contributed by atoms with E-state index in [0.29, 0.717) is 56.5 Å².